The maximum atomic E-state index is 11.9. The van der Waals surface area contributed by atoms with E-state index in [0.717, 1.165) is 25.9 Å². The highest BCUT2D eigenvalue weighted by Crippen LogP contribution is 2.19. The first-order chi connectivity index (χ1) is 8.70. The Morgan fingerprint density at radius 3 is 2.94 bits per heavy atom. The molecule has 18 heavy (non-hydrogen) atoms. The van der Waals surface area contributed by atoms with Crippen molar-refractivity contribution in [3.05, 3.63) is 0 Å². The summed E-state index contributed by atoms with van der Waals surface area (Å²) in [5.41, 5.74) is 5.57. The molecule has 0 saturated carbocycles. The normalized spacial score (nSPS) is 25.3. The third-order valence-corrected chi connectivity index (χ3v) is 3.60. The first-order valence-electron chi connectivity index (χ1n) is 6.60. The third-order valence-electron chi connectivity index (χ3n) is 3.60. The molecule has 0 aromatic carbocycles. The fourth-order valence-electron chi connectivity index (χ4n) is 2.66. The van der Waals surface area contributed by atoms with Gasteiger partial charge >= 0.3 is 6.09 Å². The Labute approximate surface area is 107 Å². The smallest absolute Gasteiger partial charge is 0.416 e. The molecule has 0 aromatic rings. The highest BCUT2D eigenvalue weighted by Gasteiger charge is 2.30. The highest BCUT2D eigenvalue weighted by molar-refractivity contribution is 5.94. The van der Waals surface area contributed by atoms with Crippen LogP contribution in [0.1, 0.15) is 19.3 Å². The molecule has 2 saturated heterocycles. The van der Waals surface area contributed by atoms with Crippen LogP contribution in [0.2, 0.25) is 0 Å². The van der Waals surface area contributed by atoms with Crippen molar-refractivity contribution in [2.45, 2.75) is 19.3 Å². The Bertz CT molecular complexity index is 320. The number of nitrogens with two attached hydrogens (primary N) is 1. The third kappa shape index (κ3) is 3.20. The largest absolute Gasteiger partial charge is 0.447 e. The van der Waals surface area contributed by atoms with Crippen LogP contribution < -0.4 is 5.73 Å². The quantitative estimate of drug-likeness (QED) is 0.766. The second-order valence-corrected chi connectivity index (χ2v) is 4.98. The number of rotatable bonds is 4. The molecule has 2 N–H and O–H groups in total. The molecule has 0 aliphatic carbocycles. The number of likely N-dealkylation sites (tertiary alicyclic amines) is 1. The molecule has 2 fully saturated rings. The molecule has 6 nitrogen and oxygen atoms in total. The van der Waals surface area contributed by atoms with Gasteiger partial charge in [-0.1, -0.05) is 0 Å². The standard InChI is InChI=1S/C12H21N3O3/c13-4-3-10-2-1-5-14(8-10)9-11(16)15-6-7-18-12(15)17/h10H,1-9,13H2. The van der Waals surface area contributed by atoms with Gasteiger partial charge in [0.1, 0.15) is 6.61 Å². The maximum absolute atomic E-state index is 11.9. The summed E-state index contributed by atoms with van der Waals surface area (Å²) in [6.45, 7) is 3.56. The Morgan fingerprint density at radius 1 is 1.44 bits per heavy atom. The highest BCUT2D eigenvalue weighted by atomic mass is 16.6. The van der Waals surface area contributed by atoms with E-state index in [1.807, 2.05) is 0 Å². The van der Waals surface area contributed by atoms with E-state index in [2.05, 4.69) is 4.90 Å². The van der Waals surface area contributed by atoms with Gasteiger partial charge in [0.25, 0.3) is 0 Å². The van der Waals surface area contributed by atoms with Crippen molar-refractivity contribution in [3.8, 4) is 0 Å². The van der Waals surface area contributed by atoms with Crippen molar-refractivity contribution >= 4 is 12.0 Å². The van der Waals surface area contributed by atoms with Gasteiger partial charge in [0, 0.05) is 6.54 Å². The summed E-state index contributed by atoms with van der Waals surface area (Å²) in [5.74, 6) is 0.438. The van der Waals surface area contributed by atoms with E-state index in [1.165, 1.54) is 11.3 Å². The van der Waals surface area contributed by atoms with Crippen LogP contribution in [0.5, 0.6) is 0 Å². The molecule has 6 heteroatoms. The summed E-state index contributed by atoms with van der Waals surface area (Å²) in [5, 5.41) is 0. The molecule has 2 amide bonds. The Kier molecular flexibility index (Phi) is 4.54. The predicted molar refractivity (Wildman–Crippen MR) is 65.9 cm³/mol. The minimum Gasteiger partial charge on any atom is -0.447 e. The number of nitrogens with zero attached hydrogens (tertiary/aromatic N) is 2. The SMILES string of the molecule is NCCC1CCCN(CC(=O)N2CCOC2=O)C1. The summed E-state index contributed by atoms with van der Waals surface area (Å²) < 4.78 is 4.77. The topological polar surface area (TPSA) is 75.9 Å². The van der Waals surface area contributed by atoms with Gasteiger partial charge in [0.05, 0.1) is 13.1 Å². The zero-order valence-electron chi connectivity index (χ0n) is 10.6. The van der Waals surface area contributed by atoms with Crippen LogP contribution >= 0.6 is 0 Å². The van der Waals surface area contributed by atoms with E-state index in [4.69, 9.17) is 10.5 Å². The lowest BCUT2D eigenvalue weighted by Crippen LogP contribution is -2.44. The summed E-state index contributed by atoms with van der Waals surface area (Å²) in [6.07, 6.45) is 2.79. The summed E-state index contributed by atoms with van der Waals surface area (Å²) >= 11 is 0. The van der Waals surface area contributed by atoms with Gasteiger partial charge in [-0.3, -0.25) is 9.69 Å². The summed E-state index contributed by atoms with van der Waals surface area (Å²) in [4.78, 5) is 26.5. The van der Waals surface area contributed by atoms with E-state index < -0.39 is 6.09 Å². The van der Waals surface area contributed by atoms with Gasteiger partial charge < -0.3 is 10.5 Å². The van der Waals surface area contributed by atoms with Crippen LogP contribution in [-0.4, -0.2) is 61.1 Å². The molecule has 2 heterocycles. The van der Waals surface area contributed by atoms with Crippen LogP contribution in [0.25, 0.3) is 0 Å². The number of cyclic esters (lactones) is 1. The number of hydrogen-bond acceptors (Lipinski definition) is 5. The van der Waals surface area contributed by atoms with Gasteiger partial charge in [-0.05, 0) is 38.3 Å². The van der Waals surface area contributed by atoms with Gasteiger partial charge in [-0.2, -0.15) is 0 Å². The van der Waals surface area contributed by atoms with Crippen molar-refractivity contribution in [1.29, 1.82) is 0 Å². The molecule has 1 atom stereocenters. The Hall–Kier alpha value is -1.14. The second-order valence-electron chi connectivity index (χ2n) is 4.98. The van der Waals surface area contributed by atoms with Gasteiger partial charge in [-0.15, -0.1) is 0 Å². The number of piperidine rings is 1. The first-order valence-corrected chi connectivity index (χ1v) is 6.60. The second kappa shape index (κ2) is 6.15. The fraction of sp³-hybridized carbons (Fsp3) is 0.833. The van der Waals surface area contributed by atoms with E-state index in [-0.39, 0.29) is 5.91 Å². The fourth-order valence-corrected chi connectivity index (χ4v) is 2.66. The first kappa shape index (κ1) is 13.3. The van der Waals surface area contributed by atoms with Gasteiger partial charge in [0.15, 0.2) is 0 Å². The average molecular weight is 255 g/mol. The number of imide groups is 1. The molecule has 0 spiro atoms. The molecule has 0 aromatic heterocycles. The average Bonchev–Trinajstić information content (AvgIpc) is 2.76. The lowest BCUT2D eigenvalue weighted by molar-refractivity contribution is -0.129. The number of hydrogen-bond donors (Lipinski definition) is 1. The maximum Gasteiger partial charge on any atom is 0.416 e. The van der Waals surface area contributed by atoms with Crippen LogP contribution in [0.4, 0.5) is 4.79 Å². The van der Waals surface area contributed by atoms with Crippen molar-refractivity contribution in [3.63, 3.8) is 0 Å². The number of carbonyl (C=O) groups excluding carboxylic acids is 2. The van der Waals surface area contributed by atoms with Gasteiger partial charge in [-0.25, -0.2) is 9.69 Å². The van der Waals surface area contributed by atoms with Crippen molar-refractivity contribution in [2.75, 3.05) is 39.3 Å². The molecule has 2 aliphatic heterocycles. The van der Waals surface area contributed by atoms with Crippen LogP contribution in [0, 0.1) is 5.92 Å². The molecule has 0 bridgehead atoms. The minimum absolute atomic E-state index is 0.147. The monoisotopic (exact) mass is 255 g/mol. The molecule has 2 rings (SSSR count). The molecule has 1 unspecified atom stereocenters. The Morgan fingerprint density at radius 2 is 2.28 bits per heavy atom. The summed E-state index contributed by atoms with van der Waals surface area (Å²) in [6, 6.07) is 0. The lowest BCUT2D eigenvalue weighted by Gasteiger charge is -2.32. The zero-order valence-corrected chi connectivity index (χ0v) is 10.6. The van der Waals surface area contributed by atoms with Crippen LogP contribution in [0.3, 0.4) is 0 Å². The molecular formula is C12H21N3O3. The number of ether oxygens (including phenoxy) is 1. The van der Waals surface area contributed by atoms with E-state index in [0.29, 0.717) is 32.2 Å². The molecule has 2 aliphatic rings. The predicted octanol–water partition coefficient (Wildman–Crippen LogP) is 0.0260. The molecule has 0 radical (unpaired) electrons. The van der Waals surface area contributed by atoms with Crippen molar-refractivity contribution < 1.29 is 14.3 Å². The molecule has 102 valence electrons. The Balaban J connectivity index is 1.81. The van der Waals surface area contributed by atoms with Crippen LogP contribution in [0.15, 0.2) is 0 Å². The van der Waals surface area contributed by atoms with Gasteiger partial charge in [0.2, 0.25) is 5.91 Å². The van der Waals surface area contributed by atoms with E-state index in [1.54, 1.807) is 0 Å². The van der Waals surface area contributed by atoms with Crippen molar-refractivity contribution in [1.82, 2.24) is 9.80 Å². The summed E-state index contributed by atoms with van der Waals surface area (Å²) in [7, 11) is 0. The van der Waals surface area contributed by atoms with Crippen LogP contribution in [-0.2, 0) is 9.53 Å². The van der Waals surface area contributed by atoms with E-state index in [9.17, 15) is 9.59 Å². The lowest BCUT2D eigenvalue weighted by atomic mass is 9.95. The minimum atomic E-state index is -0.504. The number of carbonyl (C=O) groups is 2. The van der Waals surface area contributed by atoms with E-state index >= 15 is 0 Å². The zero-order chi connectivity index (χ0) is 13.0. The molecular weight excluding hydrogens is 234 g/mol. The van der Waals surface area contributed by atoms with Crippen molar-refractivity contribution in [2.24, 2.45) is 11.7 Å². The number of amides is 2.